The van der Waals surface area contributed by atoms with Crippen LogP contribution >= 0.6 is 43.5 Å². The SMILES string of the molecule is COC(=O)Cc1c(Cl)cc(CBr)cc1Br. The molecule has 0 unspecified atom stereocenters. The molecule has 0 aliphatic carbocycles. The normalized spacial score (nSPS) is 10.1. The zero-order valence-electron chi connectivity index (χ0n) is 8.02. The Labute approximate surface area is 110 Å². The van der Waals surface area contributed by atoms with Gasteiger partial charge in [0.15, 0.2) is 0 Å². The van der Waals surface area contributed by atoms with Gasteiger partial charge in [-0.1, -0.05) is 43.5 Å². The van der Waals surface area contributed by atoms with Crippen LogP contribution in [-0.4, -0.2) is 13.1 Å². The van der Waals surface area contributed by atoms with Crippen LogP contribution in [0.1, 0.15) is 11.1 Å². The van der Waals surface area contributed by atoms with Crippen molar-refractivity contribution in [2.24, 2.45) is 0 Å². The summed E-state index contributed by atoms with van der Waals surface area (Å²) in [7, 11) is 1.36. The van der Waals surface area contributed by atoms with Crippen LogP contribution in [-0.2, 0) is 21.3 Å². The number of rotatable bonds is 3. The van der Waals surface area contributed by atoms with Crippen LogP contribution in [0.2, 0.25) is 5.02 Å². The first-order chi connectivity index (χ1) is 7.08. The summed E-state index contributed by atoms with van der Waals surface area (Å²) in [6.45, 7) is 0. The fraction of sp³-hybridized carbons (Fsp3) is 0.300. The van der Waals surface area contributed by atoms with E-state index in [1.54, 1.807) is 0 Å². The lowest BCUT2D eigenvalue weighted by Crippen LogP contribution is -2.05. The summed E-state index contributed by atoms with van der Waals surface area (Å²) in [5.41, 5.74) is 1.81. The van der Waals surface area contributed by atoms with E-state index in [-0.39, 0.29) is 12.4 Å². The summed E-state index contributed by atoms with van der Waals surface area (Å²) in [4.78, 5) is 11.1. The summed E-state index contributed by atoms with van der Waals surface area (Å²) in [5, 5.41) is 1.30. The van der Waals surface area contributed by atoms with E-state index in [0.29, 0.717) is 5.02 Å². The lowest BCUT2D eigenvalue weighted by molar-refractivity contribution is -0.139. The third-order valence-electron chi connectivity index (χ3n) is 1.90. The molecule has 2 nitrogen and oxygen atoms in total. The van der Waals surface area contributed by atoms with Crippen molar-refractivity contribution in [3.05, 3.63) is 32.8 Å². The lowest BCUT2D eigenvalue weighted by atomic mass is 10.1. The second kappa shape index (κ2) is 5.87. The second-order valence-corrected chi connectivity index (χ2v) is 4.75. The molecule has 82 valence electrons. The smallest absolute Gasteiger partial charge is 0.310 e. The van der Waals surface area contributed by atoms with Crippen LogP contribution in [0.15, 0.2) is 16.6 Å². The third kappa shape index (κ3) is 3.47. The highest BCUT2D eigenvalue weighted by Gasteiger charge is 2.12. The first-order valence-corrected chi connectivity index (χ1v) is 6.47. The zero-order chi connectivity index (χ0) is 11.4. The molecule has 0 aliphatic rings. The Morgan fingerprint density at radius 3 is 2.67 bits per heavy atom. The van der Waals surface area contributed by atoms with E-state index >= 15 is 0 Å². The van der Waals surface area contributed by atoms with Gasteiger partial charge in [-0.3, -0.25) is 4.79 Å². The number of carbonyl (C=O) groups is 1. The van der Waals surface area contributed by atoms with E-state index in [0.717, 1.165) is 20.9 Å². The maximum atomic E-state index is 11.1. The van der Waals surface area contributed by atoms with E-state index in [9.17, 15) is 4.79 Å². The molecule has 0 atom stereocenters. The van der Waals surface area contributed by atoms with E-state index in [1.165, 1.54) is 7.11 Å². The molecule has 0 bridgehead atoms. The molecule has 0 radical (unpaired) electrons. The van der Waals surface area contributed by atoms with Crippen molar-refractivity contribution in [1.82, 2.24) is 0 Å². The molecule has 0 saturated carbocycles. The first-order valence-electron chi connectivity index (χ1n) is 4.18. The topological polar surface area (TPSA) is 26.3 Å². The van der Waals surface area contributed by atoms with Gasteiger partial charge in [0.05, 0.1) is 13.5 Å². The highest BCUT2D eigenvalue weighted by atomic mass is 79.9. The van der Waals surface area contributed by atoms with Gasteiger partial charge >= 0.3 is 5.97 Å². The highest BCUT2D eigenvalue weighted by molar-refractivity contribution is 9.10. The molecule has 1 rings (SSSR count). The Bertz CT molecular complexity index is 357. The molecule has 15 heavy (non-hydrogen) atoms. The maximum Gasteiger partial charge on any atom is 0.310 e. The average molecular weight is 356 g/mol. The molecule has 0 fully saturated rings. The molecule has 0 spiro atoms. The Kier molecular flexibility index (Phi) is 5.09. The minimum Gasteiger partial charge on any atom is -0.469 e. The molecule has 0 aliphatic heterocycles. The molecule has 1 aromatic carbocycles. The summed E-state index contributed by atoms with van der Waals surface area (Å²) in [6, 6.07) is 3.76. The average Bonchev–Trinajstić information content (AvgIpc) is 2.22. The van der Waals surface area contributed by atoms with Crippen molar-refractivity contribution in [1.29, 1.82) is 0 Å². The van der Waals surface area contributed by atoms with Crippen LogP contribution in [0.3, 0.4) is 0 Å². The maximum absolute atomic E-state index is 11.1. The molecule has 0 N–H and O–H groups in total. The van der Waals surface area contributed by atoms with Crippen LogP contribution in [0.25, 0.3) is 0 Å². The molecule has 0 heterocycles. The monoisotopic (exact) mass is 354 g/mol. The van der Waals surface area contributed by atoms with Gasteiger partial charge in [0, 0.05) is 14.8 Å². The van der Waals surface area contributed by atoms with E-state index in [2.05, 4.69) is 36.6 Å². The number of alkyl halides is 1. The minimum absolute atomic E-state index is 0.179. The highest BCUT2D eigenvalue weighted by Crippen LogP contribution is 2.28. The molecular weight excluding hydrogens is 347 g/mol. The van der Waals surface area contributed by atoms with Gasteiger partial charge in [-0.2, -0.15) is 0 Å². The molecule has 0 aromatic heterocycles. The number of methoxy groups -OCH3 is 1. The van der Waals surface area contributed by atoms with Crippen molar-refractivity contribution in [3.8, 4) is 0 Å². The van der Waals surface area contributed by atoms with Gasteiger partial charge in [-0.25, -0.2) is 0 Å². The fourth-order valence-corrected chi connectivity index (χ4v) is 2.51. The molecule has 1 aromatic rings. The van der Waals surface area contributed by atoms with Crippen LogP contribution < -0.4 is 0 Å². The quantitative estimate of drug-likeness (QED) is 0.610. The molecule has 0 saturated heterocycles. The van der Waals surface area contributed by atoms with Crippen LogP contribution in [0.5, 0.6) is 0 Å². The van der Waals surface area contributed by atoms with Gasteiger partial charge in [0.1, 0.15) is 0 Å². The lowest BCUT2D eigenvalue weighted by Gasteiger charge is -2.08. The summed E-state index contributed by atoms with van der Waals surface area (Å²) < 4.78 is 5.42. The van der Waals surface area contributed by atoms with E-state index < -0.39 is 0 Å². The number of hydrogen-bond acceptors (Lipinski definition) is 2. The first kappa shape index (κ1) is 13.0. The number of esters is 1. The number of halogens is 3. The summed E-state index contributed by atoms with van der Waals surface area (Å²) >= 11 is 12.8. The predicted molar refractivity (Wildman–Crippen MR) is 67.5 cm³/mol. The summed E-state index contributed by atoms with van der Waals surface area (Å²) in [5.74, 6) is -0.302. The standard InChI is InChI=1S/C10H9Br2ClO2/c1-15-10(14)4-7-8(12)2-6(5-11)3-9(7)13/h2-3H,4-5H2,1H3. The fourth-order valence-electron chi connectivity index (χ4n) is 1.12. The Hall–Kier alpha value is -0.0600. The van der Waals surface area contributed by atoms with Crippen LogP contribution in [0, 0.1) is 0 Å². The molecule has 0 amide bonds. The van der Waals surface area contributed by atoms with E-state index in [1.807, 2.05) is 12.1 Å². The largest absolute Gasteiger partial charge is 0.469 e. The summed E-state index contributed by atoms with van der Waals surface area (Å²) in [6.07, 6.45) is 0.179. The number of ether oxygens (including phenoxy) is 1. The third-order valence-corrected chi connectivity index (χ3v) is 3.60. The van der Waals surface area contributed by atoms with E-state index in [4.69, 9.17) is 11.6 Å². The van der Waals surface area contributed by atoms with Gasteiger partial charge in [-0.05, 0) is 23.3 Å². The number of hydrogen-bond donors (Lipinski definition) is 0. The van der Waals surface area contributed by atoms with Gasteiger partial charge < -0.3 is 4.74 Å². The van der Waals surface area contributed by atoms with Crippen molar-refractivity contribution in [3.63, 3.8) is 0 Å². The Balaban J connectivity index is 3.03. The Morgan fingerprint density at radius 2 is 2.20 bits per heavy atom. The van der Waals surface area contributed by atoms with Crippen LogP contribution in [0.4, 0.5) is 0 Å². The molecule has 5 heteroatoms. The predicted octanol–water partition coefficient (Wildman–Crippen LogP) is 3.71. The van der Waals surface area contributed by atoms with Crippen molar-refractivity contribution < 1.29 is 9.53 Å². The number of benzene rings is 1. The minimum atomic E-state index is -0.302. The van der Waals surface area contributed by atoms with Crippen molar-refractivity contribution in [2.45, 2.75) is 11.8 Å². The second-order valence-electron chi connectivity index (χ2n) is 2.92. The molecular formula is C10H9Br2ClO2. The van der Waals surface area contributed by atoms with Gasteiger partial charge in [-0.15, -0.1) is 0 Å². The van der Waals surface area contributed by atoms with Crippen molar-refractivity contribution >= 4 is 49.4 Å². The van der Waals surface area contributed by atoms with Gasteiger partial charge in [0.2, 0.25) is 0 Å². The van der Waals surface area contributed by atoms with Gasteiger partial charge in [0.25, 0.3) is 0 Å². The Morgan fingerprint density at radius 1 is 1.53 bits per heavy atom. The number of carbonyl (C=O) groups excluding carboxylic acids is 1. The zero-order valence-corrected chi connectivity index (χ0v) is 11.9. The van der Waals surface area contributed by atoms with Crippen molar-refractivity contribution in [2.75, 3.05) is 7.11 Å².